The Balaban J connectivity index is 1.67. The third-order valence-corrected chi connectivity index (χ3v) is 4.66. The summed E-state index contributed by atoms with van der Waals surface area (Å²) in [5.41, 5.74) is 1.37. The number of hydrogen-bond donors (Lipinski definition) is 2. The first-order valence-electron chi connectivity index (χ1n) is 8.27. The van der Waals surface area contributed by atoms with Crippen LogP contribution in [0.15, 0.2) is 54.3 Å². The van der Waals surface area contributed by atoms with E-state index in [4.69, 9.17) is 4.74 Å². The summed E-state index contributed by atoms with van der Waals surface area (Å²) >= 11 is 0. The van der Waals surface area contributed by atoms with Gasteiger partial charge in [-0.3, -0.25) is 0 Å². The molecule has 6 heteroatoms. The van der Waals surface area contributed by atoms with Crippen LogP contribution < -0.4 is 10.1 Å². The number of fused-ring (bicyclic) bond motifs is 1. The minimum absolute atomic E-state index is 0.0495. The Morgan fingerprint density at radius 3 is 2.62 bits per heavy atom. The summed E-state index contributed by atoms with van der Waals surface area (Å²) in [6, 6.07) is 7.07. The number of rotatable bonds is 2. The molecule has 2 aromatic carbocycles. The molecule has 0 spiro atoms. The zero-order valence-electron chi connectivity index (χ0n) is 13.7. The van der Waals surface area contributed by atoms with Gasteiger partial charge in [-0.25, -0.2) is 13.2 Å². The van der Waals surface area contributed by atoms with Crippen LogP contribution in [0, 0.1) is 23.4 Å². The molecule has 1 heterocycles. The highest BCUT2D eigenvalue weighted by Gasteiger charge is 2.28. The number of ether oxygens (including phenoxy) is 1. The highest BCUT2D eigenvalue weighted by Crippen LogP contribution is 2.41. The van der Waals surface area contributed by atoms with E-state index in [1.54, 1.807) is 24.3 Å². The first-order valence-corrected chi connectivity index (χ1v) is 8.27. The van der Waals surface area contributed by atoms with E-state index in [9.17, 15) is 18.3 Å². The van der Waals surface area contributed by atoms with Crippen molar-refractivity contribution in [3.8, 4) is 16.9 Å². The van der Waals surface area contributed by atoms with Gasteiger partial charge in [-0.1, -0.05) is 18.2 Å². The van der Waals surface area contributed by atoms with Crippen LogP contribution in [0.5, 0.6) is 5.75 Å². The highest BCUT2D eigenvalue weighted by molar-refractivity contribution is 5.79. The number of hydrogen-bond acceptors (Lipinski definition) is 3. The number of benzene rings is 2. The molecule has 0 amide bonds. The van der Waals surface area contributed by atoms with E-state index in [1.165, 1.54) is 0 Å². The SMILES string of the molecule is OC1=CC([C@H]2COc3c(cccc3-c3cc(F)c(F)c(F)c3)N2)CC=C1. The van der Waals surface area contributed by atoms with Crippen LogP contribution in [0.4, 0.5) is 18.9 Å². The van der Waals surface area contributed by atoms with Gasteiger partial charge in [-0.05, 0) is 42.3 Å². The molecule has 4 rings (SSSR count). The first kappa shape index (κ1) is 16.6. The molecule has 0 saturated carbocycles. The molecular weight excluding hydrogens is 343 g/mol. The van der Waals surface area contributed by atoms with Crippen molar-refractivity contribution in [1.29, 1.82) is 0 Å². The predicted octanol–water partition coefficient (Wildman–Crippen LogP) is 4.96. The quantitative estimate of drug-likeness (QED) is 0.745. The lowest BCUT2D eigenvalue weighted by Gasteiger charge is -2.33. The van der Waals surface area contributed by atoms with Gasteiger partial charge in [-0.2, -0.15) is 0 Å². The highest BCUT2D eigenvalue weighted by atomic mass is 19.2. The lowest BCUT2D eigenvalue weighted by atomic mass is 9.91. The number of halogens is 3. The van der Waals surface area contributed by atoms with E-state index in [1.807, 2.05) is 12.1 Å². The molecule has 0 bridgehead atoms. The molecule has 2 N–H and O–H groups in total. The Morgan fingerprint density at radius 2 is 1.88 bits per heavy atom. The van der Waals surface area contributed by atoms with Gasteiger partial charge in [0.05, 0.1) is 11.7 Å². The lowest BCUT2D eigenvalue weighted by Crippen LogP contribution is -2.37. The molecule has 134 valence electrons. The molecule has 2 aliphatic rings. The number of para-hydroxylation sites is 1. The third-order valence-electron chi connectivity index (χ3n) is 4.66. The van der Waals surface area contributed by atoms with E-state index < -0.39 is 17.5 Å². The van der Waals surface area contributed by atoms with Crippen LogP contribution in [0.1, 0.15) is 6.42 Å². The smallest absolute Gasteiger partial charge is 0.194 e. The van der Waals surface area contributed by atoms with Crippen molar-refractivity contribution in [1.82, 2.24) is 0 Å². The van der Waals surface area contributed by atoms with Crippen LogP contribution in [0.25, 0.3) is 11.1 Å². The molecule has 2 aromatic rings. The molecule has 3 nitrogen and oxygen atoms in total. The summed E-state index contributed by atoms with van der Waals surface area (Å²) in [5.74, 6) is -3.22. The van der Waals surface area contributed by atoms with Crippen molar-refractivity contribution in [2.45, 2.75) is 12.5 Å². The van der Waals surface area contributed by atoms with E-state index in [-0.39, 0.29) is 23.3 Å². The standard InChI is InChI=1S/C20H16F3NO2/c21-15-8-12(9-16(22)19(15)23)14-5-2-6-17-20(14)26-10-18(24-17)11-3-1-4-13(25)7-11/h1-2,4-9,11,18,24-25H,3,10H2/t11?,18-/m1/s1. The third kappa shape index (κ3) is 2.92. The Hall–Kier alpha value is -2.89. The van der Waals surface area contributed by atoms with Crippen LogP contribution in [-0.4, -0.2) is 17.8 Å². The summed E-state index contributed by atoms with van der Waals surface area (Å²) in [5, 5.41) is 13.0. The normalized spacial score (nSPS) is 21.4. The van der Waals surface area contributed by atoms with Crippen LogP contribution >= 0.6 is 0 Å². The van der Waals surface area contributed by atoms with Crippen molar-refractivity contribution >= 4 is 5.69 Å². The lowest BCUT2D eigenvalue weighted by molar-refractivity contribution is 0.258. The fourth-order valence-corrected chi connectivity index (χ4v) is 3.36. The fraction of sp³-hybridized carbons (Fsp3) is 0.200. The van der Waals surface area contributed by atoms with Gasteiger partial charge in [0, 0.05) is 11.5 Å². The van der Waals surface area contributed by atoms with Crippen molar-refractivity contribution in [2.75, 3.05) is 11.9 Å². The minimum Gasteiger partial charge on any atom is -0.508 e. The molecular formula is C20H16F3NO2. The van der Waals surface area contributed by atoms with Crippen molar-refractivity contribution in [3.63, 3.8) is 0 Å². The van der Waals surface area contributed by atoms with Gasteiger partial charge in [0.15, 0.2) is 17.5 Å². The maximum absolute atomic E-state index is 13.6. The van der Waals surface area contributed by atoms with Crippen molar-refractivity contribution < 1.29 is 23.0 Å². The molecule has 1 aliphatic carbocycles. The number of nitrogens with one attached hydrogen (secondary N) is 1. The maximum atomic E-state index is 13.6. The van der Waals surface area contributed by atoms with Crippen molar-refractivity contribution in [2.24, 2.45) is 5.92 Å². The molecule has 26 heavy (non-hydrogen) atoms. The number of anilines is 1. The predicted molar refractivity (Wildman–Crippen MR) is 92.6 cm³/mol. The largest absolute Gasteiger partial charge is 0.508 e. The molecule has 1 unspecified atom stereocenters. The van der Waals surface area contributed by atoms with E-state index in [2.05, 4.69) is 5.32 Å². The molecule has 0 saturated heterocycles. The Bertz CT molecular complexity index is 900. The average Bonchev–Trinajstić information content (AvgIpc) is 2.64. The number of allylic oxidation sites excluding steroid dienone is 2. The van der Waals surface area contributed by atoms with Gasteiger partial charge < -0.3 is 15.2 Å². The summed E-state index contributed by atoms with van der Waals surface area (Å²) in [6.45, 7) is 0.332. The van der Waals surface area contributed by atoms with Gasteiger partial charge >= 0.3 is 0 Å². The van der Waals surface area contributed by atoms with Crippen molar-refractivity contribution in [3.05, 3.63) is 71.8 Å². The van der Waals surface area contributed by atoms with Crippen LogP contribution in [0.3, 0.4) is 0 Å². The van der Waals surface area contributed by atoms with E-state index >= 15 is 0 Å². The maximum Gasteiger partial charge on any atom is 0.194 e. The molecule has 0 fully saturated rings. The van der Waals surface area contributed by atoms with Crippen LogP contribution in [0.2, 0.25) is 0 Å². The molecule has 1 aliphatic heterocycles. The summed E-state index contributed by atoms with van der Waals surface area (Å²) in [6.07, 6.45) is 6.11. The van der Waals surface area contributed by atoms with Gasteiger partial charge in [0.2, 0.25) is 0 Å². The first-order chi connectivity index (χ1) is 12.5. The fourth-order valence-electron chi connectivity index (χ4n) is 3.36. The van der Waals surface area contributed by atoms with Gasteiger partial charge in [0.25, 0.3) is 0 Å². The zero-order chi connectivity index (χ0) is 18.3. The number of aliphatic hydroxyl groups is 1. The summed E-state index contributed by atoms with van der Waals surface area (Å²) in [7, 11) is 0. The summed E-state index contributed by atoms with van der Waals surface area (Å²) in [4.78, 5) is 0. The molecule has 0 aromatic heterocycles. The average molecular weight is 359 g/mol. The molecule has 2 atom stereocenters. The second kappa shape index (κ2) is 6.44. The second-order valence-electron chi connectivity index (χ2n) is 6.39. The monoisotopic (exact) mass is 359 g/mol. The van der Waals surface area contributed by atoms with Crippen LogP contribution in [-0.2, 0) is 0 Å². The topological polar surface area (TPSA) is 41.5 Å². The van der Waals surface area contributed by atoms with E-state index in [0.717, 1.165) is 18.6 Å². The Kier molecular flexibility index (Phi) is 4.11. The van der Waals surface area contributed by atoms with Gasteiger partial charge in [0.1, 0.15) is 18.1 Å². The minimum atomic E-state index is -1.49. The Labute approximate surface area is 148 Å². The zero-order valence-corrected chi connectivity index (χ0v) is 13.7. The van der Waals surface area contributed by atoms with Gasteiger partial charge in [-0.15, -0.1) is 0 Å². The molecule has 0 radical (unpaired) electrons. The second-order valence-corrected chi connectivity index (χ2v) is 6.39. The summed E-state index contributed by atoms with van der Waals surface area (Å²) < 4.78 is 46.3. The number of aliphatic hydroxyl groups excluding tert-OH is 1. The van der Waals surface area contributed by atoms with E-state index in [0.29, 0.717) is 23.6 Å². The Morgan fingerprint density at radius 1 is 1.12 bits per heavy atom.